The first-order valence-corrected chi connectivity index (χ1v) is 6.49. The van der Waals surface area contributed by atoms with Crippen molar-refractivity contribution in [2.45, 2.75) is 0 Å². The van der Waals surface area contributed by atoms with Crippen molar-refractivity contribution in [1.82, 2.24) is 10.6 Å². The number of hydrogen-bond donors (Lipinski definition) is 2. The molecule has 0 radical (unpaired) electrons. The summed E-state index contributed by atoms with van der Waals surface area (Å²) in [6, 6.07) is 4.08. The Morgan fingerprint density at radius 3 is 2.94 bits per heavy atom. The third kappa shape index (κ3) is 3.68. The van der Waals surface area contributed by atoms with Gasteiger partial charge in [-0.05, 0) is 34.1 Å². The van der Waals surface area contributed by atoms with E-state index in [2.05, 4.69) is 26.6 Å². The summed E-state index contributed by atoms with van der Waals surface area (Å²) in [6.07, 6.45) is 0. The zero-order valence-corrected chi connectivity index (χ0v) is 11.3. The number of ether oxygens (including phenoxy) is 1. The van der Waals surface area contributed by atoms with Crippen molar-refractivity contribution in [3.63, 3.8) is 0 Å². The fourth-order valence-corrected chi connectivity index (χ4v) is 2.00. The van der Waals surface area contributed by atoms with Crippen LogP contribution in [0.3, 0.4) is 0 Å². The standard InChI is InChI=1S/C12H14BrFN2O2/c13-10-3-9(14)1-2-11(10)18-7-12(17)16-6-8-4-15-5-8/h1-3,8,15H,4-7H2,(H,16,17). The quantitative estimate of drug-likeness (QED) is 0.861. The van der Waals surface area contributed by atoms with Crippen molar-refractivity contribution in [3.05, 3.63) is 28.5 Å². The number of carbonyl (C=O) groups is 1. The van der Waals surface area contributed by atoms with E-state index in [-0.39, 0.29) is 18.3 Å². The molecule has 1 amide bonds. The lowest BCUT2D eigenvalue weighted by Crippen LogP contribution is -2.48. The van der Waals surface area contributed by atoms with Crippen LogP contribution in [0.5, 0.6) is 5.75 Å². The molecule has 0 spiro atoms. The zero-order valence-electron chi connectivity index (χ0n) is 9.71. The zero-order chi connectivity index (χ0) is 13.0. The highest BCUT2D eigenvalue weighted by Crippen LogP contribution is 2.25. The molecule has 0 unspecified atom stereocenters. The summed E-state index contributed by atoms with van der Waals surface area (Å²) in [4.78, 5) is 11.5. The summed E-state index contributed by atoms with van der Waals surface area (Å²) in [5, 5.41) is 5.92. The second-order valence-corrected chi connectivity index (χ2v) is 5.05. The van der Waals surface area contributed by atoms with Gasteiger partial charge in [-0.25, -0.2) is 4.39 Å². The molecule has 18 heavy (non-hydrogen) atoms. The molecule has 1 heterocycles. The minimum Gasteiger partial charge on any atom is -0.483 e. The molecule has 0 bridgehead atoms. The summed E-state index contributed by atoms with van der Waals surface area (Å²) in [6.45, 7) is 2.50. The van der Waals surface area contributed by atoms with E-state index in [0.717, 1.165) is 13.1 Å². The Hall–Kier alpha value is -1.14. The molecule has 0 aromatic heterocycles. The van der Waals surface area contributed by atoms with Gasteiger partial charge in [0.25, 0.3) is 5.91 Å². The van der Waals surface area contributed by atoms with E-state index in [0.29, 0.717) is 22.7 Å². The molecule has 2 N–H and O–H groups in total. The Kier molecular flexibility index (Phi) is 4.54. The predicted molar refractivity (Wildman–Crippen MR) is 69.0 cm³/mol. The lowest BCUT2D eigenvalue weighted by Gasteiger charge is -2.27. The van der Waals surface area contributed by atoms with E-state index >= 15 is 0 Å². The topological polar surface area (TPSA) is 50.4 Å². The molecule has 1 aromatic rings. The molecule has 1 aliphatic rings. The molecule has 0 atom stereocenters. The third-order valence-electron chi connectivity index (χ3n) is 2.71. The predicted octanol–water partition coefficient (Wildman–Crippen LogP) is 1.30. The van der Waals surface area contributed by atoms with Crippen molar-refractivity contribution < 1.29 is 13.9 Å². The molecule has 2 rings (SSSR count). The van der Waals surface area contributed by atoms with Gasteiger partial charge in [-0.1, -0.05) is 0 Å². The van der Waals surface area contributed by atoms with Crippen LogP contribution in [0.15, 0.2) is 22.7 Å². The number of benzene rings is 1. The van der Waals surface area contributed by atoms with Crippen molar-refractivity contribution in [1.29, 1.82) is 0 Å². The van der Waals surface area contributed by atoms with Crippen LogP contribution < -0.4 is 15.4 Å². The first kappa shape index (κ1) is 13.3. The first-order chi connectivity index (χ1) is 8.65. The van der Waals surface area contributed by atoms with Gasteiger partial charge in [-0.2, -0.15) is 0 Å². The van der Waals surface area contributed by atoms with Crippen LogP contribution in [0.4, 0.5) is 4.39 Å². The number of amides is 1. The average molecular weight is 317 g/mol. The highest BCUT2D eigenvalue weighted by Gasteiger charge is 2.17. The summed E-state index contributed by atoms with van der Waals surface area (Å²) in [5.41, 5.74) is 0. The molecule has 6 heteroatoms. The monoisotopic (exact) mass is 316 g/mol. The van der Waals surface area contributed by atoms with E-state index < -0.39 is 0 Å². The van der Waals surface area contributed by atoms with Crippen LogP contribution in [0, 0.1) is 11.7 Å². The lowest BCUT2D eigenvalue weighted by molar-refractivity contribution is -0.123. The molecule has 0 saturated carbocycles. The highest BCUT2D eigenvalue weighted by atomic mass is 79.9. The fraction of sp³-hybridized carbons (Fsp3) is 0.417. The van der Waals surface area contributed by atoms with Crippen LogP contribution >= 0.6 is 15.9 Å². The van der Waals surface area contributed by atoms with Gasteiger partial charge < -0.3 is 15.4 Å². The van der Waals surface area contributed by atoms with Gasteiger partial charge in [0.1, 0.15) is 11.6 Å². The smallest absolute Gasteiger partial charge is 0.257 e. The SMILES string of the molecule is O=C(COc1ccc(F)cc1Br)NCC1CNC1. The largest absolute Gasteiger partial charge is 0.483 e. The molecule has 1 aliphatic heterocycles. The molecule has 98 valence electrons. The molecule has 1 fully saturated rings. The van der Waals surface area contributed by atoms with Gasteiger partial charge in [-0.3, -0.25) is 4.79 Å². The number of hydrogen-bond acceptors (Lipinski definition) is 3. The van der Waals surface area contributed by atoms with E-state index in [4.69, 9.17) is 4.74 Å². The Bertz CT molecular complexity index is 438. The van der Waals surface area contributed by atoms with E-state index in [9.17, 15) is 9.18 Å². The number of nitrogens with one attached hydrogen (secondary N) is 2. The number of rotatable bonds is 5. The van der Waals surface area contributed by atoms with Crippen molar-refractivity contribution in [3.8, 4) is 5.75 Å². The molecule has 0 aliphatic carbocycles. The maximum atomic E-state index is 12.8. The fourth-order valence-electron chi connectivity index (χ4n) is 1.54. The normalized spacial score (nSPS) is 15.0. The maximum absolute atomic E-state index is 12.8. The highest BCUT2D eigenvalue weighted by molar-refractivity contribution is 9.10. The van der Waals surface area contributed by atoms with Gasteiger partial charge in [-0.15, -0.1) is 0 Å². The van der Waals surface area contributed by atoms with Gasteiger partial charge >= 0.3 is 0 Å². The van der Waals surface area contributed by atoms with Gasteiger partial charge in [0.15, 0.2) is 6.61 Å². The van der Waals surface area contributed by atoms with Crippen molar-refractivity contribution in [2.75, 3.05) is 26.2 Å². The van der Waals surface area contributed by atoms with Crippen LogP contribution in [-0.2, 0) is 4.79 Å². The van der Waals surface area contributed by atoms with Crippen LogP contribution in [0.1, 0.15) is 0 Å². The Morgan fingerprint density at radius 1 is 1.56 bits per heavy atom. The summed E-state index contributed by atoms with van der Waals surface area (Å²) >= 11 is 3.17. The molecular formula is C12H14BrFN2O2. The molecule has 4 nitrogen and oxygen atoms in total. The van der Waals surface area contributed by atoms with Crippen molar-refractivity contribution in [2.24, 2.45) is 5.92 Å². The van der Waals surface area contributed by atoms with E-state index in [1.54, 1.807) is 0 Å². The number of halogens is 2. The summed E-state index contributed by atoms with van der Waals surface area (Å²) in [5.74, 6) is 0.456. The molecular weight excluding hydrogens is 303 g/mol. The molecule has 1 saturated heterocycles. The van der Waals surface area contributed by atoms with Gasteiger partial charge in [0.2, 0.25) is 0 Å². The van der Waals surface area contributed by atoms with Crippen LogP contribution in [-0.4, -0.2) is 32.1 Å². The Labute approximate surface area is 113 Å². The summed E-state index contributed by atoms with van der Waals surface area (Å²) < 4.78 is 18.6. The van der Waals surface area contributed by atoms with Gasteiger partial charge in [0, 0.05) is 25.6 Å². The minimum atomic E-state index is -0.351. The number of carbonyl (C=O) groups excluding carboxylic acids is 1. The Morgan fingerprint density at radius 2 is 2.33 bits per heavy atom. The average Bonchev–Trinajstić information content (AvgIpc) is 2.25. The second kappa shape index (κ2) is 6.15. The summed E-state index contributed by atoms with van der Waals surface area (Å²) in [7, 11) is 0. The van der Waals surface area contributed by atoms with E-state index in [1.165, 1.54) is 18.2 Å². The van der Waals surface area contributed by atoms with Gasteiger partial charge in [0.05, 0.1) is 4.47 Å². The minimum absolute atomic E-state index is 0.0651. The first-order valence-electron chi connectivity index (χ1n) is 5.70. The van der Waals surface area contributed by atoms with Crippen LogP contribution in [0.25, 0.3) is 0 Å². The Balaban J connectivity index is 1.74. The maximum Gasteiger partial charge on any atom is 0.257 e. The third-order valence-corrected chi connectivity index (χ3v) is 3.33. The van der Waals surface area contributed by atoms with Crippen LogP contribution in [0.2, 0.25) is 0 Å². The molecule has 1 aromatic carbocycles. The van der Waals surface area contributed by atoms with E-state index in [1.807, 2.05) is 0 Å². The lowest BCUT2D eigenvalue weighted by atomic mass is 10.0. The second-order valence-electron chi connectivity index (χ2n) is 4.19. The van der Waals surface area contributed by atoms with Crippen molar-refractivity contribution >= 4 is 21.8 Å².